The van der Waals surface area contributed by atoms with Crippen molar-refractivity contribution >= 4 is 49.5 Å². The Morgan fingerprint density at radius 1 is 1.22 bits per heavy atom. The van der Waals surface area contributed by atoms with Gasteiger partial charge in [0.2, 0.25) is 5.91 Å². The third-order valence-electron chi connectivity index (χ3n) is 5.81. The fourth-order valence-corrected chi connectivity index (χ4v) is 5.19. The van der Waals surface area contributed by atoms with Crippen LogP contribution >= 0.6 is 11.3 Å². The molecule has 1 aliphatic carbocycles. The Bertz CT molecular complexity index is 1170. The minimum Gasteiger partial charge on any atom is -0.444 e. The van der Waals surface area contributed by atoms with E-state index in [0.29, 0.717) is 11.6 Å². The van der Waals surface area contributed by atoms with Crippen LogP contribution in [-0.2, 0) is 9.53 Å². The maximum atomic E-state index is 13.5. The molecule has 0 bridgehead atoms. The van der Waals surface area contributed by atoms with Gasteiger partial charge in [0.15, 0.2) is 5.13 Å². The molecule has 2 atom stereocenters. The van der Waals surface area contributed by atoms with E-state index in [9.17, 15) is 14.0 Å². The highest BCUT2D eigenvalue weighted by molar-refractivity contribution is 7.23. The third kappa shape index (κ3) is 4.85. The van der Waals surface area contributed by atoms with Gasteiger partial charge >= 0.3 is 6.09 Å². The number of ether oxygens (including phenoxy) is 1. The van der Waals surface area contributed by atoms with Crippen LogP contribution in [0.4, 0.5) is 14.3 Å². The Morgan fingerprint density at radius 3 is 2.75 bits per heavy atom. The van der Waals surface area contributed by atoms with Gasteiger partial charge in [0.25, 0.3) is 0 Å². The largest absolute Gasteiger partial charge is 0.444 e. The van der Waals surface area contributed by atoms with E-state index in [4.69, 9.17) is 4.74 Å². The van der Waals surface area contributed by atoms with Crippen LogP contribution in [0.2, 0.25) is 0 Å². The molecule has 2 amide bonds. The number of anilines is 1. The van der Waals surface area contributed by atoms with Crippen molar-refractivity contribution in [1.82, 2.24) is 9.88 Å². The van der Waals surface area contributed by atoms with Gasteiger partial charge in [0.1, 0.15) is 11.4 Å². The number of hydrogen-bond donors (Lipinski definition) is 1. The number of aromatic nitrogens is 1. The van der Waals surface area contributed by atoms with Gasteiger partial charge in [0, 0.05) is 24.4 Å². The molecule has 0 radical (unpaired) electrons. The summed E-state index contributed by atoms with van der Waals surface area (Å²) in [7, 11) is 1.74. The van der Waals surface area contributed by atoms with Gasteiger partial charge < -0.3 is 15.0 Å². The Labute approximate surface area is 190 Å². The molecule has 1 fully saturated rings. The normalized spacial score (nSPS) is 19.2. The molecule has 32 heavy (non-hydrogen) atoms. The van der Waals surface area contributed by atoms with Crippen molar-refractivity contribution in [3.05, 3.63) is 36.1 Å². The number of hydrogen-bond acceptors (Lipinski definition) is 5. The summed E-state index contributed by atoms with van der Waals surface area (Å²) in [4.78, 5) is 31.6. The van der Waals surface area contributed by atoms with E-state index in [0.717, 1.165) is 40.3 Å². The van der Waals surface area contributed by atoms with Crippen LogP contribution in [-0.4, -0.2) is 40.6 Å². The van der Waals surface area contributed by atoms with E-state index in [1.54, 1.807) is 18.0 Å². The third-order valence-corrected chi connectivity index (χ3v) is 6.83. The van der Waals surface area contributed by atoms with Crippen molar-refractivity contribution < 1.29 is 18.7 Å². The molecule has 3 aromatic rings. The lowest BCUT2D eigenvalue weighted by Gasteiger charge is -2.35. The molecule has 0 saturated heterocycles. The molecule has 8 heteroatoms. The standard InChI is InChI=1S/C24H28FN3O3S/c1-24(2,3)31-23(30)28(4)17-7-5-6-15(13-17)21(29)27-22-26-19-11-8-14-12-16(25)9-10-18(14)20(19)32-22/h8-12,15,17H,5-7,13H2,1-4H3,(H,26,27,29)/t15-,17+/m0/s1. The van der Waals surface area contributed by atoms with E-state index in [-0.39, 0.29) is 29.8 Å². The monoisotopic (exact) mass is 457 g/mol. The summed E-state index contributed by atoms with van der Waals surface area (Å²) in [5, 5.41) is 5.22. The molecule has 1 aliphatic rings. The Hall–Kier alpha value is -2.74. The minimum atomic E-state index is -0.556. The van der Waals surface area contributed by atoms with Crippen molar-refractivity contribution in [2.75, 3.05) is 12.4 Å². The van der Waals surface area contributed by atoms with Crippen LogP contribution in [0.15, 0.2) is 30.3 Å². The van der Waals surface area contributed by atoms with Crippen LogP contribution in [0.25, 0.3) is 21.0 Å². The SMILES string of the molecule is CN(C(=O)OC(C)(C)C)[C@@H]1CCC[C@H](C(=O)Nc2nc3ccc4cc(F)ccc4c3s2)C1. The molecule has 6 nitrogen and oxygen atoms in total. The summed E-state index contributed by atoms with van der Waals surface area (Å²) < 4.78 is 19.9. The number of fused-ring (bicyclic) bond motifs is 3. The van der Waals surface area contributed by atoms with Crippen molar-refractivity contribution in [3.63, 3.8) is 0 Å². The molecule has 0 aliphatic heterocycles. The summed E-state index contributed by atoms with van der Waals surface area (Å²) in [5.74, 6) is -0.559. The van der Waals surface area contributed by atoms with Gasteiger partial charge in [-0.15, -0.1) is 0 Å². The quantitative estimate of drug-likeness (QED) is 0.527. The number of thiazole rings is 1. The highest BCUT2D eigenvalue weighted by Gasteiger charge is 2.33. The van der Waals surface area contributed by atoms with E-state index >= 15 is 0 Å². The number of halogens is 1. The second-order valence-electron chi connectivity index (χ2n) is 9.40. The summed E-state index contributed by atoms with van der Waals surface area (Å²) in [6.07, 6.45) is 2.72. The fraction of sp³-hybridized carbons (Fsp3) is 0.458. The number of rotatable bonds is 3. The number of carbonyl (C=O) groups is 2. The Balaban J connectivity index is 1.46. The summed E-state index contributed by atoms with van der Waals surface area (Å²) >= 11 is 1.39. The highest BCUT2D eigenvalue weighted by Crippen LogP contribution is 2.34. The minimum absolute atomic E-state index is 0.0384. The first-order valence-electron chi connectivity index (χ1n) is 10.9. The van der Waals surface area contributed by atoms with Gasteiger partial charge in [-0.3, -0.25) is 4.79 Å². The van der Waals surface area contributed by atoms with Crippen LogP contribution in [0, 0.1) is 11.7 Å². The van der Waals surface area contributed by atoms with Crippen LogP contribution in [0.3, 0.4) is 0 Å². The van der Waals surface area contributed by atoms with Gasteiger partial charge in [-0.05, 0) is 69.7 Å². The van der Waals surface area contributed by atoms with Gasteiger partial charge in [-0.1, -0.05) is 23.8 Å². The summed E-state index contributed by atoms with van der Waals surface area (Å²) in [6.45, 7) is 5.52. The Kier molecular flexibility index (Phi) is 6.07. The second-order valence-corrected chi connectivity index (χ2v) is 10.4. The second kappa shape index (κ2) is 8.65. The average Bonchev–Trinajstić information content (AvgIpc) is 3.14. The van der Waals surface area contributed by atoms with Gasteiger partial charge in [-0.2, -0.15) is 0 Å². The zero-order chi connectivity index (χ0) is 23.0. The van der Waals surface area contributed by atoms with Crippen LogP contribution < -0.4 is 5.32 Å². The van der Waals surface area contributed by atoms with Crippen molar-refractivity contribution in [2.45, 2.75) is 58.1 Å². The van der Waals surface area contributed by atoms with Crippen molar-refractivity contribution in [1.29, 1.82) is 0 Å². The Morgan fingerprint density at radius 2 is 2.00 bits per heavy atom. The lowest BCUT2D eigenvalue weighted by molar-refractivity contribution is -0.121. The van der Waals surface area contributed by atoms with Crippen molar-refractivity contribution in [2.24, 2.45) is 5.92 Å². The van der Waals surface area contributed by atoms with E-state index < -0.39 is 5.60 Å². The number of benzene rings is 2. The molecular formula is C24H28FN3O3S. The number of nitrogens with zero attached hydrogens (tertiary/aromatic N) is 2. The average molecular weight is 458 g/mol. The smallest absolute Gasteiger partial charge is 0.410 e. The highest BCUT2D eigenvalue weighted by atomic mass is 32.1. The van der Waals surface area contributed by atoms with Gasteiger partial charge in [0.05, 0.1) is 10.2 Å². The van der Waals surface area contributed by atoms with Crippen LogP contribution in [0.1, 0.15) is 46.5 Å². The maximum absolute atomic E-state index is 13.5. The zero-order valence-electron chi connectivity index (χ0n) is 18.8. The molecule has 4 rings (SSSR count). The van der Waals surface area contributed by atoms with Crippen LogP contribution in [0.5, 0.6) is 0 Å². The fourth-order valence-electron chi connectivity index (χ4n) is 4.18. The van der Waals surface area contributed by atoms with Gasteiger partial charge in [-0.25, -0.2) is 14.2 Å². The molecule has 0 unspecified atom stereocenters. The number of carbonyl (C=O) groups excluding carboxylic acids is 2. The predicted octanol–water partition coefficient (Wildman–Crippen LogP) is 5.95. The topological polar surface area (TPSA) is 71.5 Å². The first-order chi connectivity index (χ1) is 15.1. The van der Waals surface area contributed by atoms with E-state index in [2.05, 4.69) is 10.3 Å². The molecule has 170 valence electrons. The number of nitrogens with one attached hydrogen (secondary N) is 1. The summed E-state index contributed by atoms with van der Waals surface area (Å²) in [6, 6.07) is 8.32. The molecule has 1 heterocycles. The predicted molar refractivity (Wildman–Crippen MR) is 125 cm³/mol. The molecular weight excluding hydrogens is 429 g/mol. The molecule has 1 saturated carbocycles. The first-order valence-corrected chi connectivity index (χ1v) is 11.7. The molecule has 1 N–H and O–H groups in total. The molecule has 0 spiro atoms. The zero-order valence-corrected chi connectivity index (χ0v) is 19.6. The van der Waals surface area contributed by atoms with E-state index in [1.165, 1.54) is 23.5 Å². The first kappa shape index (κ1) is 22.5. The lowest BCUT2D eigenvalue weighted by atomic mass is 9.84. The maximum Gasteiger partial charge on any atom is 0.410 e. The lowest BCUT2D eigenvalue weighted by Crippen LogP contribution is -2.44. The molecule has 1 aromatic heterocycles. The number of amides is 2. The van der Waals surface area contributed by atoms with E-state index in [1.807, 2.05) is 32.9 Å². The van der Waals surface area contributed by atoms with Crippen molar-refractivity contribution in [3.8, 4) is 0 Å². The summed E-state index contributed by atoms with van der Waals surface area (Å²) in [5.41, 5.74) is 0.218. The molecule has 2 aromatic carbocycles.